The highest BCUT2D eigenvalue weighted by Gasteiger charge is 2.10. The van der Waals surface area contributed by atoms with Gasteiger partial charge in [-0.2, -0.15) is 0 Å². The summed E-state index contributed by atoms with van der Waals surface area (Å²) >= 11 is 0. The monoisotopic (exact) mass is 253 g/mol. The third-order valence-corrected chi connectivity index (χ3v) is 3.46. The smallest absolute Gasteiger partial charge is 0.192 e. The zero-order valence-electron chi connectivity index (χ0n) is 11.0. The number of aromatic nitrogens is 3. The summed E-state index contributed by atoms with van der Waals surface area (Å²) in [6.45, 7) is 1.97. The molecule has 4 nitrogen and oxygen atoms in total. The number of nitrogens with zero attached hydrogens (tertiary/aromatic N) is 2. The summed E-state index contributed by atoms with van der Waals surface area (Å²) in [7, 11) is 1.96. The molecule has 3 rings (SSSR count). The van der Waals surface area contributed by atoms with Gasteiger partial charge in [0.2, 0.25) is 0 Å². The van der Waals surface area contributed by atoms with Gasteiger partial charge >= 0.3 is 0 Å². The number of aryl methyl sites for hydroxylation is 2. The molecule has 96 valence electrons. The van der Waals surface area contributed by atoms with Gasteiger partial charge in [0, 0.05) is 36.3 Å². The molecule has 3 aromatic rings. The molecule has 0 saturated carbocycles. The van der Waals surface area contributed by atoms with Crippen LogP contribution in [0.4, 0.5) is 0 Å². The fourth-order valence-corrected chi connectivity index (χ4v) is 2.38. The molecule has 0 radical (unpaired) electrons. The van der Waals surface area contributed by atoms with Gasteiger partial charge in [0.25, 0.3) is 0 Å². The van der Waals surface area contributed by atoms with E-state index < -0.39 is 0 Å². The van der Waals surface area contributed by atoms with Crippen molar-refractivity contribution in [3.05, 3.63) is 64.0 Å². The number of para-hydroxylation sites is 1. The van der Waals surface area contributed by atoms with E-state index in [-0.39, 0.29) is 5.43 Å². The van der Waals surface area contributed by atoms with Crippen LogP contribution >= 0.6 is 0 Å². The summed E-state index contributed by atoms with van der Waals surface area (Å²) in [5.41, 5.74) is 3.75. The van der Waals surface area contributed by atoms with E-state index in [2.05, 4.69) is 9.97 Å². The third-order valence-electron chi connectivity index (χ3n) is 3.46. The highest BCUT2D eigenvalue weighted by atomic mass is 16.1. The van der Waals surface area contributed by atoms with E-state index >= 15 is 0 Å². The number of hydrogen-bond acceptors (Lipinski definition) is 2. The maximum absolute atomic E-state index is 12.5. The van der Waals surface area contributed by atoms with Crippen LogP contribution in [0.1, 0.15) is 17.0 Å². The first kappa shape index (κ1) is 11.7. The molecule has 1 N–H and O–H groups in total. The second-order valence-corrected chi connectivity index (χ2v) is 4.76. The number of fused-ring (bicyclic) bond motifs is 1. The average Bonchev–Trinajstić information content (AvgIpc) is 2.81. The predicted octanol–water partition coefficient (Wildman–Crippen LogP) is 2.16. The minimum Gasteiger partial charge on any atom is -0.350 e. The minimum absolute atomic E-state index is 0.0936. The van der Waals surface area contributed by atoms with Gasteiger partial charge in [0.15, 0.2) is 5.43 Å². The van der Waals surface area contributed by atoms with Crippen molar-refractivity contribution in [2.75, 3.05) is 0 Å². The molecule has 0 bridgehead atoms. The molecule has 0 unspecified atom stereocenters. The van der Waals surface area contributed by atoms with E-state index in [4.69, 9.17) is 0 Å². The highest BCUT2D eigenvalue weighted by Crippen LogP contribution is 2.13. The van der Waals surface area contributed by atoms with Crippen LogP contribution in [-0.2, 0) is 13.5 Å². The molecule has 0 saturated heterocycles. The van der Waals surface area contributed by atoms with Crippen molar-refractivity contribution in [2.45, 2.75) is 13.3 Å². The summed E-state index contributed by atoms with van der Waals surface area (Å²) in [5, 5.41) is 0.760. The van der Waals surface area contributed by atoms with E-state index in [1.807, 2.05) is 49.0 Å². The molecule has 0 spiro atoms. The minimum atomic E-state index is 0.0936. The number of pyridine rings is 1. The Kier molecular flexibility index (Phi) is 2.71. The van der Waals surface area contributed by atoms with Crippen LogP contribution in [0.25, 0.3) is 10.9 Å². The maximum atomic E-state index is 12.5. The number of aromatic amines is 1. The summed E-state index contributed by atoms with van der Waals surface area (Å²) in [6.07, 6.45) is 4.13. The van der Waals surface area contributed by atoms with Gasteiger partial charge in [-0.05, 0) is 19.1 Å². The molecule has 4 heteroatoms. The van der Waals surface area contributed by atoms with Gasteiger partial charge < -0.3 is 9.55 Å². The Hall–Kier alpha value is -2.36. The zero-order valence-corrected chi connectivity index (χ0v) is 11.0. The molecule has 1 aromatic carbocycles. The lowest BCUT2D eigenvalue weighted by molar-refractivity contribution is 0.920. The van der Waals surface area contributed by atoms with E-state index in [1.165, 1.54) is 0 Å². The van der Waals surface area contributed by atoms with Crippen molar-refractivity contribution in [3.63, 3.8) is 0 Å². The van der Waals surface area contributed by atoms with Gasteiger partial charge in [0.05, 0.1) is 17.5 Å². The lowest BCUT2D eigenvalue weighted by Crippen LogP contribution is -2.14. The van der Waals surface area contributed by atoms with Gasteiger partial charge in [0.1, 0.15) is 0 Å². The molecule has 0 aliphatic heterocycles. The Labute approximate surface area is 110 Å². The Balaban J connectivity index is 2.18. The van der Waals surface area contributed by atoms with Gasteiger partial charge in [-0.15, -0.1) is 0 Å². The first-order valence-electron chi connectivity index (χ1n) is 6.23. The van der Waals surface area contributed by atoms with Crippen LogP contribution in [0, 0.1) is 6.92 Å². The Morgan fingerprint density at radius 2 is 2.11 bits per heavy atom. The Morgan fingerprint density at radius 1 is 1.32 bits per heavy atom. The quantitative estimate of drug-likeness (QED) is 0.761. The van der Waals surface area contributed by atoms with E-state index in [0.29, 0.717) is 6.42 Å². The van der Waals surface area contributed by atoms with Crippen LogP contribution < -0.4 is 5.43 Å². The standard InChI is InChI=1S/C15H15N3O/c1-10-13(17-9-16-10)7-11-8-18(2)14-6-4-3-5-12(14)15(11)19/h3-6,8-9H,7H2,1-2H3,(H,16,17). The largest absolute Gasteiger partial charge is 0.350 e. The van der Waals surface area contributed by atoms with E-state index in [0.717, 1.165) is 27.9 Å². The second kappa shape index (κ2) is 4.39. The van der Waals surface area contributed by atoms with Gasteiger partial charge in [-0.25, -0.2) is 4.98 Å². The maximum Gasteiger partial charge on any atom is 0.192 e. The lowest BCUT2D eigenvalue weighted by Gasteiger charge is -2.08. The number of rotatable bonds is 2. The molecule has 0 aliphatic carbocycles. The van der Waals surface area contributed by atoms with Crippen molar-refractivity contribution in [1.82, 2.24) is 14.5 Å². The molecule has 0 amide bonds. The highest BCUT2D eigenvalue weighted by molar-refractivity contribution is 5.79. The molecule has 19 heavy (non-hydrogen) atoms. The van der Waals surface area contributed by atoms with Gasteiger partial charge in [-0.3, -0.25) is 4.79 Å². The van der Waals surface area contributed by atoms with Crippen molar-refractivity contribution >= 4 is 10.9 Å². The number of imidazole rings is 1. The fourth-order valence-electron chi connectivity index (χ4n) is 2.38. The topological polar surface area (TPSA) is 50.7 Å². The van der Waals surface area contributed by atoms with Crippen LogP contribution in [0.15, 0.2) is 41.6 Å². The zero-order chi connectivity index (χ0) is 13.4. The van der Waals surface area contributed by atoms with Crippen LogP contribution in [-0.4, -0.2) is 14.5 Å². The summed E-state index contributed by atoms with van der Waals surface area (Å²) in [5.74, 6) is 0. The normalized spacial score (nSPS) is 11.1. The number of H-pyrrole nitrogens is 1. The summed E-state index contributed by atoms with van der Waals surface area (Å²) in [4.78, 5) is 19.8. The molecule has 2 heterocycles. The lowest BCUT2D eigenvalue weighted by atomic mass is 10.1. The molecular weight excluding hydrogens is 238 g/mol. The molecule has 0 atom stereocenters. The summed E-state index contributed by atoms with van der Waals surface area (Å²) < 4.78 is 1.99. The van der Waals surface area contributed by atoms with Crippen molar-refractivity contribution in [3.8, 4) is 0 Å². The molecule has 0 fully saturated rings. The molecule has 2 aromatic heterocycles. The first-order valence-corrected chi connectivity index (χ1v) is 6.23. The Morgan fingerprint density at radius 3 is 2.84 bits per heavy atom. The van der Waals surface area contributed by atoms with E-state index in [1.54, 1.807) is 6.33 Å². The predicted molar refractivity (Wildman–Crippen MR) is 75.3 cm³/mol. The van der Waals surface area contributed by atoms with Crippen molar-refractivity contribution in [1.29, 1.82) is 0 Å². The van der Waals surface area contributed by atoms with Crippen LogP contribution in [0.5, 0.6) is 0 Å². The summed E-state index contributed by atoms with van der Waals surface area (Å²) in [6, 6.07) is 7.67. The van der Waals surface area contributed by atoms with Crippen LogP contribution in [0.2, 0.25) is 0 Å². The fraction of sp³-hybridized carbons (Fsp3) is 0.200. The number of benzene rings is 1. The Bertz CT molecular complexity index is 799. The number of nitrogens with one attached hydrogen (secondary N) is 1. The van der Waals surface area contributed by atoms with Crippen LogP contribution in [0.3, 0.4) is 0 Å². The first-order chi connectivity index (χ1) is 9.16. The van der Waals surface area contributed by atoms with Gasteiger partial charge in [-0.1, -0.05) is 12.1 Å². The number of hydrogen-bond donors (Lipinski definition) is 1. The van der Waals surface area contributed by atoms with E-state index in [9.17, 15) is 4.79 Å². The van der Waals surface area contributed by atoms with Crippen molar-refractivity contribution in [2.24, 2.45) is 7.05 Å². The molecule has 0 aliphatic rings. The second-order valence-electron chi connectivity index (χ2n) is 4.76. The SMILES string of the molecule is Cc1[nH]cnc1Cc1cn(C)c2ccccc2c1=O. The molecular formula is C15H15N3O. The third kappa shape index (κ3) is 1.95. The average molecular weight is 253 g/mol. The van der Waals surface area contributed by atoms with Crippen molar-refractivity contribution < 1.29 is 0 Å².